The van der Waals surface area contributed by atoms with Crippen molar-refractivity contribution in [3.05, 3.63) is 52.5 Å². The molecule has 1 aromatic heterocycles. The Labute approximate surface area is 138 Å². The molecular weight excluding hydrogens is 338 g/mol. The maximum Gasteiger partial charge on any atom is 0.293 e. The average Bonchev–Trinajstić information content (AvgIpc) is 3.08. The van der Waals surface area contributed by atoms with Crippen LogP contribution in [0.4, 0.5) is 11.4 Å². The summed E-state index contributed by atoms with van der Waals surface area (Å²) in [7, 11) is -2.58. The zero-order chi connectivity index (χ0) is 18.0. The van der Waals surface area contributed by atoms with Crippen LogP contribution in [0, 0.1) is 10.1 Å². The van der Waals surface area contributed by atoms with Crippen LogP contribution < -0.4 is 10.0 Å². The van der Waals surface area contributed by atoms with Gasteiger partial charge in [-0.25, -0.2) is 13.1 Å². The molecule has 0 aliphatic rings. The molecule has 1 unspecified atom stereocenters. The van der Waals surface area contributed by atoms with Crippen LogP contribution in [0.1, 0.15) is 12.7 Å². The van der Waals surface area contributed by atoms with E-state index in [1.165, 1.54) is 32.4 Å². The van der Waals surface area contributed by atoms with E-state index in [4.69, 9.17) is 4.42 Å². The molecule has 0 spiro atoms. The van der Waals surface area contributed by atoms with E-state index in [9.17, 15) is 23.6 Å². The molecule has 1 aromatic carbocycles. The summed E-state index contributed by atoms with van der Waals surface area (Å²) in [5, 5.41) is 24.3. The number of aliphatic hydroxyl groups is 1. The fourth-order valence-corrected chi connectivity index (χ4v) is 2.79. The third kappa shape index (κ3) is 3.72. The van der Waals surface area contributed by atoms with Gasteiger partial charge in [-0.3, -0.25) is 10.1 Å². The summed E-state index contributed by atoms with van der Waals surface area (Å²) in [5.41, 5.74) is -1.73. The molecule has 24 heavy (non-hydrogen) atoms. The normalized spacial score (nSPS) is 14.1. The zero-order valence-electron chi connectivity index (χ0n) is 13.0. The Morgan fingerprint density at radius 1 is 1.38 bits per heavy atom. The molecule has 2 rings (SSSR count). The summed E-state index contributed by atoms with van der Waals surface area (Å²) < 4.78 is 30.7. The van der Waals surface area contributed by atoms with Crippen molar-refractivity contribution in [2.75, 3.05) is 18.9 Å². The number of furan rings is 1. The van der Waals surface area contributed by atoms with Crippen molar-refractivity contribution in [1.82, 2.24) is 4.72 Å². The Hall–Kier alpha value is -2.43. The number of anilines is 1. The third-order valence-corrected chi connectivity index (χ3v) is 4.83. The summed E-state index contributed by atoms with van der Waals surface area (Å²) >= 11 is 0. The predicted molar refractivity (Wildman–Crippen MR) is 86.1 cm³/mol. The number of sulfonamides is 1. The number of hydrogen-bond acceptors (Lipinski definition) is 7. The first kappa shape index (κ1) is 17.9. The van der Waals surface area contributed by atoms with Gasteiger partial charge < -0.3 is 14.8 Å². The summed E-state index contributed by atoms with van der Waals surface area (Å²) in [5.74, 6) is 0.298. The van der Waals surface area contributed by atoms with Crippen molar-refractivity contribution >= 4 is 21.4 Å². The van der Waals surface area contributed by atoms with Crippen molar-refractivity contribution < 1.29 is 22.9 Å². The third-order valence-electron chi connectivity index (χ3n) is 3.42. The van der Waals surface area contributed by atoms with E-state index in [-0.39, 0.29) is 17.1 Å². The Balaban J connectivity index is 2.29. The van der Waals surface area contributed by atoms with Crippen molar-refractivity contribution in [2.45, 2.75) is 17.4 Å². The number of nitrogens with one attached hydrogen (secondary N) is 2. The second-order valence-electron chi connectivity index (χ2n) is 5.25. The maximum absolute atomic E-state index is 11.8. The molecule has 0 radical (unpaired) electrons. The summed E-state index contributed by atoms with van der Waals surface area (Å²) in [6.07, 6.45) is 1.41. The van der Waals surface area contributed by atoms with Crippen molar-refractivity contribution in [3.8, 4) is 0 Å². The molecule has 1 heterocycles. The van der Waals surface area contributed by atoms with Crippen LogP contribution in [0.3, 0.4) is 0 Å². The van der Waals surface area contributed by atoms with E-state index in [0.29, 0.717) is 5.76 Å². The Morgan fingerprint density at radius 2 is 2.08 bits per heavy atom. The lowest BCUT2D eigenvalue weighted by molar-refractivity contribution is -0.384. The first-order chi connectivity index (χ1) is 11.2. The second-order valence-corrected chi connectivity index (χ2v) is 7.13. The lowest BCUT2D eigenvalue weighted by atomic mass is 10.0. The molecule has 0 saturated heterocycles. The first-order valence-corrected chi connectivity index (χ1v) is 8.38. The van der Waals surface area contributed by atoms with Gasteiger partial charge in [-0.05, 0) is 38.2 Å². The smallest absolute Gasteiger partial charge is 0.293 e. The molecule has 0 aliphatic carbocycles. The van der Waals surface area contributed by atoms with Gasteiger partial charge in [0.1, 0.15) is 17.0 Å². The van der Waals surface area contributed by atoms with E-state index in [1.807, 2.05) is 0 Å². The van der Waals surface area contributed by atoms with E-state index in [2.05, 4.69) is 10.0 Å². The van der Waals surface area contributed by atoms with Gasteiger partial charge in [-0.2, -0.15) is 0 Å². The van der Waals surface area contributed by atoms with Gasteiger partial charge in [-0.15, -0.1) is 0 Å². The average molecular weight is 355 g/mol. The van der Waals surface area contributed by atoms with Gasteiger partial charge in [0.05, 0.1) is 22.6 Å². The quantitative estimate of drug-likeness (QED) is 0.505. The molecule has 0 amide bonds. The number of nitro groups is 1. The molecule has 10 heteroatoms. The van der Waals surface area contributed by atoms with Crippen LogP contribution >= 0.6 is 0 Å². The Bertz CT molecular complexity index is 830. The van der Waals surface area contributed by atoms with Crippen LogP contribution in [-0.2, 0) is 15.6 Å². The molecule has 0 bridgehead atoms. The molecule has 9 nitrogen and oxygen atoms in total. The summed E-state index contributed by atoms with van der Waals surface area (Å²) in [4.78, 5) is 10.3. The minimum atomic E-state index is -3.80. The number of nitro benzene ring substituents is 1. The molecule has 0 aliphatic heterocycles. The van der Waals surface area contributed by atoms with Gasteiger partial charge in [0.25, 0.3) is 5.69 Å². The topological polar surface area (TPSA) is 135 Å². The predicted octanol–water partition coefficient (Wildman–Crippen LogP) is 1.42. The van der Waals surface area contributed by atoms with Crippen molar-refractivity contribution in [2.24, 2.45) is 0 Å². The van der Waals surface area contributed by atoms with Crippen molar-refractivity contribution in [1.29, 1.82) is 0 Å². The fourth-order valence-electron chi connectivity index (χ4n) is 2.04. The van der Waals surface area contributed by atoms with Gasteiger partial charge in [0.15, 0.2) is 0 Å². The van der Waals surface area contributed by atoms with Crippen LogP contribution in [0.5, 0.6) is 0 Å². The van der Waals surface area contributed by atoms with Gasteiger partial charge >= 0.3 is 0 Å². The molecule has 1 atom stereocenters. The number of rotatable bonds is 7. The minimum Gasteiger partial charge on any atom is -0.466 e. The molecule has 2 aromatic rings. The van der Waals surface area contributed by atoms with E-state index in [0.717, 1.165) is 6.07 Å². The molecule has 0 fully saturated rings. The summed E-state index contributed by atoms with van der Waals surface area (Å²) in [6, 6.07) is 6.67. The summed E-state index contributed by atoms with van der Waals surface area (Å²) in [6.45, 7) is 1.42. The van der Waals surface area contributed by atoms with E-state index >= 15 is 0 Å². The maximum atomic E-state index is 11.8. The largest absolute Gasteiger partial charge is 0.466 e. The van der Waals surface area contributed by atoms with Gasteiger partial charge in [0.2, 0.25) is 10.0 Å². The highest BCUT2D eigenvalue weighted by Crippen LogP contribution is 2.29. The number of hydrogen-bond donors (Lipinski definition) is 3. The zero-order valence-corrected chi connectivity index (χ0v) is 13.8. The highest BCUT2D eigenvalue weighted by atomic mass is 32.2. The van der Waals surface area contributed by atoms with Gasteiger partial charge in [-0.1, -0.05) is 0 Å². The molecule has 0 saturated carbocycles. The second kappa shape index (κ2) is 6.59. The fraction of sp³-hybridized carbons (Fsp3) is 0.286. The Morgan fingerprint density at radius 3 is 2.62 bits per heavy atom. The van der Waals surface area contributed by atoms with Gasteiger partial charge in [0, 0.05) is 6.07 Å². The molecule has 3 N–H and O–H groups in total. The van der Waals surface area contributed by atoms with E-state index < -0.39 is 26.2 Å². The first-order valence-electron chi connectivity index (χ1n) is 6.89. The van der Waals surface area contributed by atoms with Crippen LogP contribution in [0.25, 0.3) is 0 Å². The van der Waals surface area contributed by atoms with Crippen LogP contribution in [-0.4, -0.2) is 32.0 Å². The van der Waals surface area contributed by atoms with Crippen LogP contribution in [0.15, 0.2) is 45.9 Å². The number of nitrogens with zero attached hydrogens (tertiary/aromatic N) is 1. The standard InChI is InChI=1S/C14H17N3O6S/c1-14(18,13-4-3-7-23-13)9-16-11-6-5-10(24(21,22)15-2)8-12(11)17(19)20/h3-8,15-16,18H,9H2,1-2H3. The minimum absolute atomic E-state index is 0.0700. The Kier molecular flexibility index (Phi) is 4.92. The lowest BCUT2D eigenvalue weighted by Gasteiger charge is -2.21. The highest BCUT2D eigenvalue weighted by Gasteiger charge is 2.28. The van der Waals surface area contributed by atoms with Crippen molar-refractivity contribution in [3.63, 3.8) is 0 Å². The monoisotopic (exact) mass is 355 g/mol. The lowest BCUT2D eigenvalue weighted by Crippen LogP contribution is -2.30. The highest BCUT2D eigenvalue weighted by molar-refractivity contribution is 7.89. The SMILES string of the molecule is CNS(=O)(=O)c1ccc(NCC(C)(O)c2ccco2)c([N+](=O)[O-])c1. The number of benzene rings is 1. The van der Waals surface area contributed by atoms with Crippen LogP contribution in [0.2, 0.25) is 0 Å². The molecule has 130 valence electrons. The molecular formula is C14H17N3O6S. The van der Waals surface area contributed by atoms with E-state index in [1.54, 1.807) is 12.1 Å².